The summed E-state index contributed by atoms with van der Waals surface area (Å²) in [5.41, 5.74) is -0.616. The fourth-order valence-corrected chi connectivity index (χ4v) is 2.12. The van der Waals surface area contributed by atoms with Crippen LogP contribution in [0.3, 0.4) is 0 Å². The number of ether oxygens (including phenoxy) is 1. The van der Waals surface area contributed by atoms with E-state index in [0.29, 0.717) is 25.8 Å². The van der Waals surface area contributed by atoms with Gasteiger partial charge in [0.25, 0.3) is 0 Å². The average Bonchev–Trinajstić information content (AvgIpc) is 2.70. The van der Waals surface area contributed by atoms with E-state index in [9.17, 15) is 14.4 Å². The quantitative estimate of drug-likeness (QED) is 0.799. The predicted octanol–water partition coefficient (Wildman–Crippen LogP) is 1.39. The summed E-state index contributed by atoms with van der Waals surface area (Å²) in [5, 5.41) is 5.31. The smallest absolute Gasteiger partial charge is 0.408 e. The van der Waals surface area contributed by atoms with Gasteiger partial charge in [-0.05, 0) is 33.6 Å². The second-order valence-electron chi connectivity index (χ2n) is 6.03. The largest absolute Gasteiger partial charge is 0.444 e. The topological polar surface area (TPSA) is 84.5 Å². The summed E-state index contributed by atoms with van der Waals surface area (Å²) in [4.78, 5) is 35.2. The van der Waals surface area contributed by atoms with Gasteiger partial charge in [-0.15, -0.1) is 0 Å². The third-order valence-electron chi connectivity index (χ3n) is 3.11. The summed E-state index contributed by atoms with van der Waals surface area (Å²) >= 11 is 0. The van der Waals surface area contributed by atoms with Crippen LogP contribution in [-0.2, 0) is 14.3 Å². The first-order valence-corrected chi connectivity index (χ1v) is 7.03. The van der Waals surface area contributed by atoms with E-state index < -0.39 is 17.7 Å². The van der Waals surface area contributed by atoms with Gasteiger partial charge in [0.05, 0.1) is 6.04 Å². The molecular formula is C14H24N2O4. The number of carbonyl (C=O) groups excluding carboxylic acids is 3. The number of hydrogen-bond donors (Lipinski definition) is 2. The van der Waals surface area contributed by atoms with E-state index in [1.165, 1.54) is 0 Å². The highest BCUT2D eigenvalue weighted by atomic mass is 16.6. The first-order valence-electron chi connectivity index (χ1n) is 7.03. The zero-order valence-corrected chi connectivity index (χ0v) is 12.6. The van der Waals surface area contributed by atoms with Crippen molar-refractivity contribution >= 4 is 17.8 Å². The van der Waals surface area contributed by atoms with Crippen molar-refractivity contribution in [2.75, 3.05) is 6.54 Å². The monoisotopic (exact) mass is 284 g/mol. The van der Waals surface area contributed by atoms with Crippen LogP contribution < -0.4 is 10.6 Å². The number of hydrogen-bond acceptors (Lipinski definition) is 4. The predicted molar refractivity (Wildman–Crippen MR) is 74.2 cm³/mol. The summed E-state index contributed by atoms with van der Waals surface area (Å²) in [6, 6.07) is -0.663. The van der Waals surface area contributed by atoms with E-state index in [4.69, 9.17) is 4.74 Å². The molecule has 0 spiro atoms. The number of ketones is 1. The minimum atomic E-state index is -0.663. The summed E-state index contributed by atoms with van der Waals surface area (Å²) in [5.74, 6) is -0.356. The molecular weight excluding hydrogens is 260 g/mol. The molecule has 0 aromatic heterocycles. The second-order valence-corrected chi connectivity index (χ2v) is 6.03. The minimum Gasteiger partial charge on any atom is -0.444 e. The third kappa shape index (κ3) is 5.19. The Bertz CT molecular complexity index is 387. The van der Waals surface area contributed by atoms with Crippen LogP contribution in [0, 0.1) is 5.92 Å². The van der Waals surface area contributed by atoms with Crippen LogP contribution in [0.1, 0.15) is 47.0 Å². The van der Waals surface area contributed by atoms with Crippen molar-refractivity contribution in [1.29, 1.82) is 0 Å². The fourth-order valence-electron chi connectivity index (χ4n) is 2.12. The van der Waals surface area contributed by atoms with E-state index in [1.807, 2.05) is 0 Å². The number of carbonyl (C=O) groups is 3. The Morgan fingerprint density at radius 2 is 2.10 bits per heavy atom. The van der Waals surface area contributed by atoms with Crippen molar-refractivity contribution in [2.24, 2.45) is 5.92 Å². The van der Waals surface area contributed by atoms with Gasteiger partial charge in [-0.25, -0.2) is 4.79 Å². The molecule has 0 aromatic carbocycles. The number of Topliss-reactive ketones (excluding diaryl/α,β-unsaturated/α-hetero) is 1. The maximum Gasteiger partial charge on any atom is 0.408 e. The van der Waals surface area contributed by atoms with Gasteiger partial charge in [0, 0.05) is 18.9 Å². The van der Waals surface area contributed by atoms with Crippen LogP contribution in [0.25, 0.3) is 0 Å². The normalized spacial score (nSPS) is 20.2. The number of alkyl carbamates (subject to hydrolysis) is 1. The van der Waals surface area contributed by atoms with Crippen LogP contribution in [0.5, 0.6) is 0 Å². The zero-order valence-electron chi connectivity index (χ0n) is 12.6. The number of rotatable bonds is 5. The van der Waals surface area contributed by atoms with Crippen LogP contribution >= 0.6 is 0 Å². The van der Waals surface area contributed by atoms with E-state index in [0.717, 1.165) is 0 Å². The maximum absolute atomic E-state index is 11.9. The second kappa shape index (κ2) is 6.72. The average molecular weight is 284 g/mol. The van der Waals surface area contributed by atoms with Crippen LogP contribution in [0.15, 0.2) is 0 Å². The molecule has 2 N–H and O–H groups in total. The van der Waals surface area contributed by atoms with Crippen molar-refractivity contribution in [1.82, 2.24) is 10.6 Å². The van der Waals surface area contributed by atoms with Gasteiger partial charge in [0.1, 0.15) is 5.60 Å². The molecule has 2 atom stereocenters. The van der Waals surface area contributed by atoms with Crippen molar-refractivity contribution in [3.05, 3.63) is 0 Å². The molecule has 2 unspecified atom stereocenters. The van der Waals surface area contributed by atoms with E-state index in [1.54, 1.807) is 27.7 Å². The molecule has 1 fully saturated rings. The number of amides is 2. The molecule has 6 nitrogen and oxygen atoms in total. The summed E-state index contributed by atoms with van der Waals surface area (Å²) in [7, 11) is 0. The van der Waals surface area contributed by atoms with Gasteiger partial charge in [-0.3, -0.25) is 9.59 Å². The SMILES string of the molecule is CCC(=O)C(CC1CCNC1=O)NC(=O)OC(C)(C)C. The maximum atomic E-state index is 11.9. The van der Waals surface area contributed by atoms with Gasteiger partial charge >= 0.3 is 6.09 Å². The molecule has 1 saturated heterocycles. The Labute approximate surface area is 119 Å². The summed E-state index contributed by atoms with van der Waals surface area (Å²) < 4.78 is 5.15. The molecule has 114 valence electrons. The fraction of sp³-hybridized carbons (Fsp3) is 0.786. The third-order valence-corrected chi connectivity index (χ3v) is 3.11. The van der Waals surface area contributed by atoms with E-state index in [2.05, 4.69) is 10.6 Å². The Morgan fingerprint density at radius 1 is 1.45 bits per heavy atom. The van der Waals surface area contributed by atoms with E-state index >= 15 is 0 Å². The highest BCUT2D eigenvalue weighted by Crippen LogP contribution is 2.17. The Balaban J connectivity index is 2.62. The molecule has 20 heavy (non-hydrogen) atoms. The van der Waals surface area contributed by atoms with Gasteiger partial charge < -0.3 is 15.4 Å². The molecule has 0 bridgehead atoms. The lowest BCUT2D eigenvalue weighted by molar-refractivity contribution is -0.124. The molecule has 6 heteroatoms. The van der Waals surface area contributed by atoms with Gasteiger partial charge in [0.15, 0.2) is 5.78 Å². The zero-order chi connectivity index (χ0) is 15.3. The molecule has 1 heterocycles. The van der Waals surface area contributed by atoms with Crippen molar-refractivity contribution in [3.8, 4) is 0 Å². The highest BCUT2D eigenvalue weighted by molar-refractivity contribution is 5.88. The summed E-state index contributed by atoms with van der Waals surface area (Å²) in [6.45, 7) is 7.64. The summed E-state index contributed by atoms with van der Waals surface area (Å²) in [6.07, 6.45) is 0.720. The molecule has 1 aliphatic rings. The molecule has 1 aliphatic heterocycles. The minimum absolute atomic E-state index is 0.0510. The molecule has 0 radical (unpaired) electrons. The molecule has 1 rings (SSSR count). The van der Waals surface area contributed by atoms with Gasteiger partial charge in [-0.1, -0.05) is 6.92 Å². The van der Waals surface area contributed by atoms with Crippen LogP contribution in [0.2, 0.25) is 0 Å². The van der Waals surface area contributed by atoms with Gasteiger partial charge in [0.2, 0.25) is 5.91 Å². The Morgan fingerprint density at radius 3 is 2.55 bits per heavy atom. The lowest BCUT2D eigenvalue weighted by Gasteiger charge is -2.23. The molecule has 2 amide bonds. The van der Waals surface area contributed by atoms with Crippen molar-refractivity contribution in [3.63, 3.8) is 0 Å². The molecule has 0 aromatic rings. The molecule has 0 saturated carbocycles. The van der Waals surface area contributed by atoms with Crippen LogP contribution in [-0.4, -0.2) is 36.0 Å². The lowest BCUT2D eigenvalue weighted by atomic mass is 9.95. The first kappa shape index (κ1) is 16.5. The standard InChI is InChI=1S/C14H24N2O4/c1-5-11(17)10(8-9-6-7-15-12(9)18)16-13(19)20-14(2,3)4/h9-10H,5-8H2,1-4H3,(H,15,18)(H,16,19). The number of nitrogens with one attached hydrogen (secondary N) is 2. The van der Waals surface area contributed by atoms with Crippen LogP contribution in [0.4, 0.5) is 4.79 Å². The molecule has 0 aliphatic carbocycles. The highest BCUT2D eigenvalue weighted by Gasteiger charge is 2.31. The first-order chi connectivity index (χ1) is 9.23. The van der Waals surface area contributed by atoms with Crippen molar-refractivity contribution < 1.29 is 19.1 Å². The van der Waals surface area contributed by atoms with Gasteiger partial charge in [-0.2, -0.15) is 0 Å². The van der Waals surface area contributed by atoms with Crippen molar-refractivity contribution in [2.45, 2.75) is 58.6 Å². The lowest BCUT2D eigenvalue weighted by Crippen LogP contribution is -2.44. The van der Waals surface area contributed by atoms with E-state index in [-0.39, 0.29) is 17.6 Å². The Kier molecular flexibility index (Phi) is 5.53. The Hall–Kier alpha value is -1.59.